The van der Waals surface area contributed by atoms with E-state index in [1.807, 2.05) is 0 Å². The minimum Gasteiger partial charge on any atom is -0.300 e. The highest BCUT2D eigenvalue weighted by Crippen LogP contribution is 2.01. The highest BCUT2D eigenvalue weighted by atomic mass is 16.1. The molecule has 0 aliphatic rings. The Morgan fingerprint density at radius 3 is 2.67 bits per heavy atom. The molecule has 0 aromatic carbocycles. The van der Waals surface area contributed by atoms with Gasteiger partial charge in [0.15, 0.2) is 5.78 Å². The average molecular weight is 166 g/mol. The van der Waals surface area contributed by atoms with Gasteiger partial charge in [-0.1, -0.05) is 0 Å². The van der Waals surface area contributed by atoms with Crippen molar-refractivity contribution in [2.24, 2.45) is 7.05 Å². The molecule has 1 heterocycles. The number of hydrogen-bond acceptors (Lipinski definition) is 3. The third kappa shape index (κ3) is 2.02. The van der Waals surface area contributed by atoms with Gasteiger partial charge in [-0.2, -0.15) is 5.10 Å². The summed E-state index contributed by atoms with van der Waals surface area (Å²) in [5, 5.41) is 3.83. The number of Topliss-reactive ketones (excluding diaryl/α,β-unsaturated/α-hetero) is 2. The van der Waals surface area contributed by atoms with Gasteiger partial charge in [0.25, 0.3) is 0 Å². The summed E-state index contributed by atoms with van der Waals surface area (Å²) in [5.41, 5.74) is 0.493. The maximum Gasteiger partial charge on any atom is 0.173 e. The van der Waals surface area contributed by atoms with Crippen LogP contribution in [0.25, 0.3) is 0 Å². The zero-order valence-electron chi connectivity index (χ0n) is 7.07. The second-order valence-electron chi connectivity index (χ2n) is 2.70. The maximum absolute atomic E-state index is 11.2. The lowest BCUT2D eigenvalue weighted by molar-refractivity contribution is -0.116. The van der Waals surface area contributed by atoms with Gasteiger partial charge < -0.3 is 0 Å². The van der Waals surface area contributed by atoms with Crippen LogP contribution in [0.4, 0.5) is 0 Å². The van der Waals surface area contributed by atoms with Gasteiger partial charge in [0.1, 0.15) is 5.78 Å². The third-order valence-electron chi connectivity index (χ3n) is 1.44. The van der Waals surface area contributed by atoms with E-state index >= 15 is 0 Å². The van der Waals surface area contributed by atoms with E-state index in [0.717, 1.165) is 0 Å². The molecule has 0 bridgehead atoms. The normalized spacial score (nSPS) is 9.83. The fourth-order valence-electron chi connectivity index (χ4n) is 0.893. The predicted octanol–water partition coefficient (Wildman–Crippen LogP) is 0.582. The Kier molecular flexibility index (Phi) is 2.38. The fourth-order valence-corrected chi connectivity index (χ4v) is 0.893. The molecule has 0 fully saturated rings. The summed E-state index contributed by atoms with van der Waals surface area (Å²) < 4.78 is 1.54. The Balaban J connectivity index is 2.72. The van der Waals surface area contributed by atoms with Crippen LogP contribution in [0.15, 0.2) is 12.4 Å². The van der Waals surface area contributed by atoms with E-state index in [4.69, 9.17) is 0 Å². The summed E-state index contributed by atoms with van der Waals surface area (Å²) in [7, 11) is 1.73. The van der Waals surface area contributed by atoms with Crippen molar-refractivity contribution in [3.8, 4) is 0 Å². The van der Waals surface area contributed by atoms with Crippen LogP contribution in [0.5, 0.6) is 0 Å². The van der Waals surface area contributed by atoms with Crippen LogP contribution in [0, 0.1) is 0 Å². The first-order valence-corrected chi connectivity index (χ1v) is 3.61. The number of aryl methyl sites for hydroxylation is 1. The van der Waals surface area contributed by atoms with Crippen molar-refractivity contribution in [1.29, 1.82) is 0 Å². The molecule has 1 aromatic rings. The molecular formula is C8H10N2O2. The molecule has 1 rings (SSSR count). The zero-order chi connectivity index (χ0) is 9.14. The zero-order valence-corrected chi connectivity index (χ0v) is 7.07. The van der Waals surface area contributed by atoms with Crippen molar-refractivity contribution in [3.63, 3.8) is 0 Å². The Morgan fingerprint density at radius 2 is 2.25 bits per heavy atom. The topological polar surface area (TPSA) is 52.0 Å². The van der Waals surface area contributed by atoms with Gasteiger partial charge in [0.05, 0.1) is 18.2 Å². The van der Waals surface area contributed by atoms with Crippen molar-refractivity contribution in [1.82, 2.24) is 9.78 Å². The first-order chi connectivity index (χ1) is 5.59. The van der Waals surface area contributed by atoms with Crippen molar-refractivity contribution in [3.05, 3.63) is 18.0 Å². The summed E-state index contributed by atoms with van der Waals surface area (Å²) >= 11 is 0. The van der Waals surface area contributed by atoms with Crippen molar-refractivity contribution >= 4 is 11.6 Å². The van der Waals surface area contributed by atoms with Gasteiger partial charge in [-0.15, -0.1) is 0 Å². The molecule has 0 saturated carbocycles. The van der Waals surface area contributed by atoms with Crippen LogP contribution in [-0.4, -0.2) is 21.3 Å². The lowest BCUT2D eigenvalue weighted by Gasteiger charge is -1.90. The summed E-state index contributed by atoms with van der Waals surface area (Å²) in [5.74, 6) is -0.292. The number of ketones is 2. The molecule has 0 amide bonds. The monoisotopic (exact) mass is 166 g/mol. The number of carbonyl (C=O) groups excluding carboxylic acids is 2. The molecular weight excluding hydrogens is 156 g/mol. The maximum atomic E-state index is 11.2. The highest BCUT2D eigenvalue weighted by molar-refractivity contribution is 6.07. The van der Waals surface area contributed by atoms with Gasteiger partial charge in [-0.3, -0.25) is 14.3 Å². The van der Waals surface area contributed by atoms with Crippen molar-refractivity contribution < 1.29 is 9.59 Å². The van der Waals surface area contributed by atoms with E-state index in [9.17, 15) is 9.59 Å². The standard InChI is InChI=1S/C8H10N2O2/c1-6(11)3-8(12)7-4-9-10(2)5-7/h4-5H,3H2,1-2H3. The van der Waals surface area contributed by atoms with Crippen LogP contribution < -0.4 is 0 Å². The summed E-state index contributed by atoms with van der Waals surface area (Å²) in [6, 6.07) is 0. The molecule has 0 spiro atoms. The number of carbonyl (C=O) groups is 2. The van der Waals surface area contributed by atoms with Gasteiger partial charge >= 0.3 is 0 Å². The van der Waals surface area contributed by atoms with Crippen molar-refractivity contribution in [2.75, 3.05) is 0 Å². The Morgan fingerprint density at radius 1 is 1.58 bits per heavy atom. The molecule has 0 saturated heterocycles. The van der Waals surface area contributed by atoms with E-state index in [0.29, 0.717) is 5.56 Å². The molecule has 12 heavy (non-hydrogen) atoms. The van der Waals surface area contributed by atoms with Gasteiger partial charge in [-0.25, -0.2) is 0 Å². The smallest absolute Gasteiger partial charge is 0.173 e. The molecule has 0 aliphatic carbocycles. The average Bonchev–Trinajstić information content (AvgIpc) is 2.34. The minimum atomic E-state index is -0.171. The summed E-state index contributed by atoms with van der Waals surface area (Å²) in [6.45, 7) is 1.40. The Bertz CT molecular complexity index is 315. The minimum absolute atomic E-state index is 0.0360. The fraction of sp³-hybridized carbons (Fsp3) is 0.375. The van der Waals surface area contributed by atoms with Gasteiger partial charge in [0.2, 0.25) is 0 Å². The quantitative estimate of drug-likeness (QED) is 0.487. The van der Waals surface area contributed by atoms with Crippen LogP contribution in [-0.2, 0) is 11.8 Å². The van der Waals surface area contributed by atoms with E-state index < -0.39 is 0 Å². The largest absolute Gasteiger partial charge is 0.300 e. The molecule has 1 aromatic heterocycles. The lowest BCUT2D eigenvalue weighted by Crippen LogP contribution is -2.03. The van der Waals surface area contributed by atoms with Crippen molar-refractivity contribution in [2.45, 2.75) is 13.3 Å². The van der Waals surface area contributed by atoms with E-state index in [1.165, 1.54) is 17.8 Å². The molecule has 4 heteroatoms. The molecule has 64 valence electrons. The van der Waals surface area contributed by atoms with E-state index in [1.54, 1.807) is 13.2 Å². The lowest BCUT2D eigenvalue weighted by atomic mass is 10.1. The molecule has 0 atom stereocenters. The van der Waals surface area contributed by atoms with Gasteiger partial charge in [0, 0.05) is 13.2 Å². The molecule has 0 unspecified atom stereocenters. The van der Waals surface area contributed by atoms with Crippen LogP contribution >= 0.6 is 0 Å². The number of hydrogen-bond donors (Lipinski definition) is 0. The predicted molar refractivity (Wildman–Crippen MR) is 42.8 cm³/mol. The molecule has 0 aliphatic heterocycles. The second kappa shape index (κ2) is 3.30. The number of nitrogens with zero attached hydrogens (tertiary/aromatic N) is 2. The van der Waals surface area contributed by atoms with Gasteiger partial charge in [-0.05, 0) is 6.92 Å². The molecule has 0 radical (unpaired) electrons. The Labute approximate surface area is 70.2 Å². The Hall–Kier alpha value is -1.45. The summed E-state index contributed by atoms with van der Waals surface area (Å²) in [6.07, 6.45) is 3.03. The van der Waals surface area contributed by atoms with Crippen LogP contribution in [0.1, 0.15) is 23.7 Å². The highest BCUT2D eigenvalue weighted by Gasteiger charge is 2.09. The number of rotatable bonds is 3. The first kappa shape index (κ1) is 8.64. The van der Waals surface area contributed by atoms with Crippen LogP contribution in [0.3, 0.4) is 0 Å². The second-order valence-corrected chi connectivity index (χ2v) is 2.70. The number of aromatic nitrogens is 2. The molecule has 4 nitrogen and oxygen atoms in total. The first-order valence-electron chi connectivity index (χ1n) is 3.61. The summed E-state index contributed by atoms with van der Waals surface area (Å²) in [4.78, 5) is 21.8. The molecule has 0 N–H and O–H groups in total. The van der Waals surface area contributed by atoms with E-state index in [-0.39, 0.29) is 18.0 Å². The van der Waals surface area contributed by atoms with E-state index in [2.05, 4.69) is 5.10 Å². The third-order valence-corrected chi connectivity index (χ3v) is 1.44. The SMILES string of the molecule is CC(=O)CC(=O)c1cnn(C)c1. The van der Waals surface area contributed by atoms with Crippen LogP contribution in [0.2, 0.25) is 0 Å².